The second-order valence-electron chi connectivity index (χ2n) is 10.3. The maximum Gasteiger partial charge on any atom is 0.380 e. The molecule has 2 atom stereocenters. The Hall–Kier alpha value is -2.32. The first-order valence-corrected chi connectivity index (χ1v) is 13.4. The summed E-state index contributed by atoms with van der Waals surface area (Å²) in [6.45, 7) is 7.23. The summed E-state index contributed by atoms with van der Waals surface area (Å²) in [6, 6.07) is 14.8. The zero-order valence-corrected chi connectivity index (χ0v) is 22.0. The summed E-state index contributed by atoms with van der Waals surface area (Å²) < 4.78 is 89.0. The highest BCUT2D eigenvalue weighted by atomic mass is 32.2. The van der Waals surface area contributed by atoms with E-state index >= 15 is 17.6 Å². The van der Waals surface area contributed by atoms with E-state index in [1.807, 2.05) is 62.4 Å². The van der Waals surface area contributed by atoms with Gasteiger partial charge >= 0.3 is 17.8 Å². The van der Waals surface area contributed by atoms with Crippen molar-refractivity contribution in [2.75, 3.05) is 0 Å². The lowest BCUT2D eigenvalue weighted by Crippen LogP contribution is -2.48. The van der Waals surface area contributed by atoms with Crippen LogP contribution in [0.25, 0.3) is 9.81 Å². The van der Waals surface area contributed by atoms with Gasteiger partial charge < -0.3 is 0 Å². The van der Waals surface area contributed by atoms with Gasteiger partial charge in [-0.2, -0.15) is 26.3 Å². The average molecular weight is 549 g/mol. The summed E-state index contributed by atoms with van der Waals surface area (Å²) in [5.74, 6) is -15.6. The Morgan fingerprint density at radius 3 is 1.19 bits per heavy atom. The molecule has 192 valence electrons. The number of hydrogen-bond acceptors (Lipinski definition) is 2. The summed E-state index contributed by atoms with van der Waals surface area (Å²) in [6.07, 6.45) is 2.84. The minimum absolute atomic E-state index is 0.151. The van der Waals surface area contributed by atoms with E-state index in [0.29, 0.717) is 9.81 Å². The fraction of sp³-hybridized carbons (Fsp3) is 0.310. The Balaban J connectivity index is 1.65. The zero-order valence-electron chi connectivity index (χ0n) is 20.4. The molecule has 6 rings (SSSR count). The van der Waals surface area contributed by atoms with Gasteiger partial charge in [0, 0.05) is 21.0 Å². The molecular weight excluding hydrogens is 526 g/mol. The van der Waals surface area contributed by atoms with Crippen molar-refractivity contribution in [2.45, 2.75) is 55.0 Å². The molecule has 0 unspecified atom stereocenters. The van der Waals surface area contributed by atoms with Gasteiger partial charge in [0.2, 0.25) is 0 Å². The molecule has 0 N–H and O–H groups in total. The molecule has 2 aromatic carbocycles. The van der Waals surface area contributed by atoms with E-state index < -0.39 is 38.4 Å². The van der Waals surface area contributed by atoms with Gasteiger partial charge in [0.15, 0.2) is 0 Å². The van der Waals surface area contributed by atoms with Crippen molar-refractivity contribution >= 4 is 33.3 Å². The van der Waals surface area contributed by atoms with Crippen molar-refractivity contribution in [1.82, 2.24) is 0 Å². The lowest BCUT2D eigenvalue weighted by Gasteiger charge is -2.47. The highest BCUT2D eigenvalue weighted by Crippen LogP contribution is 2.75. The van der Waals surface area contributed by atoms with Gasteiger partial charge in [0.1, 0.15) is 0 Å². The van der Waals surface area contributed by atoms with Crippen LogP contribution in [0, 0.1) is 13.8 Å². The molecule has 0 bridgehead atoms. The standard InChI is InChI=1S/C29H22F6S2/c1-15-5-9-17(10-6-15)21-13-19-23-24(28(32,33)29(34,35)27(23,30)31)20-14-22(18-11-7-16(2)8-12-18)37-26(20,4)25(19,3)36-21/h5-14H,1-4H3/t25-,26-/m1/s1. The summed E-state index contributed by atoms with van der Waals surface area (Å²) in [4.78, 5) is 1.18. The van der Waals surface area contributed by atoms with Crippen molar-refractivity contribution in [3.63, 3.8) is 0 Å². The van der Waals surface area contributed by atoms with Crippen LogP contribution in [-0.2, 0) is 0 Å². The number of halogens is 6. The van der Waals surface area contributed by atoms with Crippen molar-refractivity contribution in [3.8, 4) is 0 Å². The Kier molecular flexibility index (Phi) is 5.00. The molecule has 37 heavy (non-hydrogen) atoms. The van der Waals surface area contributed by atoms with Gasteiger partial charge in [-0.15, -0.1) is 23.5 Å². The van der Waals surface area contributed by atoms with Crippen molar-refractivity contribution in [2.24, 2.45) is 0 Å². The SMILES string of the molecule is Cc1ccc(C2=CC3=C4C(=C5C=C(c6ccc(C)cc6)S[C@@]5(C)[C@]3(C)S2)C(F)(F)C(F)(F)C4(F)F)cc1. The molecule has 0 radical (unpaired) electrons. The van der Waals surface area contributed by atoms with Gasteiger partial charge in [0.25, 0.3) is 0 Å². The fourth-order valence-corrected chi connectivity index (χ4v) is 8.77. The van der Waals surface area contributed by atoms with Crippen LogP contribution in [0.15, 0.2) is 83.0 Å². The maximum atomic E-state index is 15.4. The first-order valence-electron chi connectivity index (χ1n) is 11.7. The predicted octanol–water partition coefficient (Wildman–Crippen LogP) is 9.22. The molecule has 1 fully saturated rings. The van der Waals surface area contributed by atoms with Gasteiger partial charge in [-0.25, -0.2) is 0 Å². The van der Waals surface area contributed by atoms with E-state index in [1.165, 1.54) is 35.7 Å². The summed E-state index contributed by atoms with van der Waals surface area (Å²) in [5.41, 5.74) is 0.681. The van der Waals surface area contributed by atoms with E-state index in [-0.39, 0.29) is 11.1 Å². The molecule has 2 heterocycles. The van der Waals surface area contributed by atoms with E-state index in [0.717, 1.165) is 22.3 Å². The van der Waals surface area contributed by atoms with Crippen LogP contribution < -0.4 is 0 Å². The molecule has 0 spiro atoms. The number of allylic oxidation sites excluding steroid dienone is 4. The summed E-state index contributed by atoms with van der Waals surface area (Å²) in [5, 5.41) is 0. The molecule has 0 amide bonds. The largest absolute Gasteiger partial charge is 0.380 e. The van der Waals surface area contributed by atoms with Gasteiger partial charge in [-0.3, -0.25) is 0 Å². The number of aryl methyl sites for hydroxylation is 2. The monoisotopic (exact) mass is 548 g/mol. The van der Waals surface area contributed by atoms with Gasteiger partial charge in [0.05, 0.1) is 9.49 Å². The Morgan fingerprint density at radius 1 is 0.541 bits per heavy atom. The summed E-state index contributed by atoms with van der Waals surface area (Å²) >= 11 is 2.55. The maximum absolute atomic E-state index is 15.4. The normalized spacial score (nSPS) is 30.6. The van der Waals surface area contributed by atoms with E-state index in [9.17, 15) is 8.78 Å². The van der Waals surface area contributed by atoms with Crippen molar-refractivity contribution < 1.29 is 26.3 Å². The first-order chi connectivity index (χ1) is 17.1. The number of hydrogen-bond donors (Lipinski definition) is 0. The molecule has 2 aliphatic carbocycles. The molecule has 0 aromatic heterocycles. The van der Waals surface area contributed by atoms with Crippen LogP contribution in [-0.4, -0.2) is 27.3 Å². The quantitative estimate of drug-likeness (QED) is 0.343. The molecule has 2 aromatic rings. The third-order valence-electron chi connectivity index (χ3n) is 7.99. The Morgan fingerprint density at radius 2 is 0.865 bits per heavy atom. The third kappa shape index (κ3) is 2.97. The molecule has 1 saturated carbocycles. The smallest absolute Gasteiger partial charge is 0.194 e. The lowest BCUT2D eigenvalue weighted by molar-refractivity contribution is -0.258. The van der Waals surface area contributed by atoms with Crippen molar-refractivity contribution in [3.05, 3.63) is 105 Å². The fourth-order valence-electron chi connectivity index (χ4n) is 5.63. The van der Waals surface area contributed by atoms with E-state index in [1.54, 1.807) is 13.8 Å². The number of fused-ring (bicyclic) bond motifs is 4. The molecule has 4 aliphatic rings. The van der Waals surface area contributed by atoms with Crippen LogP contribution in [0.1, 0.15) is 36.1 Å². The average Bonchev–Trinajstić information content (AvgIpc) is 3.40. The number of benzene rings is 2. The first kappa shape index (κ1) is 25.0. The van der Waals surface area contributed by atoms with Crippen LogP contribution in [0.4, 0.5) is 26.3 Å². The topological polar surface area (TPSA) is 0 Å². The van der Waals surface area contributed by atoms with Gasteiger partial charge in [-0.05, 0) is 62.1 Å². The molecule has 0 saturated heterocycles. The van der Waals surface area contributed by atoms with Crippen LogP contribution in [0.3, 0.4) is 0 Å². The van der Waals surface area contributed by atoms with Crippen molar-refractivity contribution in [1.29, 1.82) is 0 Å². The second kappa shape index (κ2) is 7.41. The minimum atomic E-state index is -5.55. The van der Waals surface area contributed by atoms with Crippen LogP contribution in [0.2, 0.25) is 0 Å². The summed E-state index contributed by atoms with van der Waals surface area (Å²) in [7, 11) is 0. The van der Waals surface area contributed by atoms with E-state index in [4.69, 9.17) is 0 Å². The molecule has 2 aliphatic heterocycles. The lowest BCUT2D eigenvalue weighted by atomic mass is 9.71. The second-order valence-corrected chi connectivity index (χ2v) is 13.2. The predicted molar refractivity (Wildman–Crippen MR) is 139 cm³/mol. The molecular formula is C29H22F6S2. The van der Waals surface area contributed by atoms with E-state index in [2.05, 4.69) is 0 Å². The Labute approximate surface area is 219 Å². The third-order valence-corrected chi connectivity index (χ3v) is 11.3. The van der Waals surface area contributed by atoms with Crippen LogP contribution in [0.5, 0.6) is 0 Å². The Bertz CT molecular complexity index is 1370. The number of rotatable bonds is 2. The molecule has 8 heteroatoms. The minimum Gasteiger partial charge on any atom is -0.194 e. The highest BCUT2D eigenvalue weighted by molar-refractivity contribution is 8.14. The number of thioether (sulfide) groups is 2. The molecule has 0 nitrogen and oxygen atoms in total. The zero-order chi connectivity index (χ0) is 26.8. The van der Waals surface area contributed by atoms with Gasteiger partial charge in [-0.1, -0.05) is 59.7 Å². The number of alkyl halides is 6. The van der Waals surface area contributed by atoms with Crippen LogP contribution >= 0.6 is 23.5 Å². The highest BCUT2D eigenvalue weighted by Gasteiger charge is 2.84.